The fourth-order valence-corrected chi connectivity index (χ4v) is 1.89. The average molecular weight is 215 g/mol. The van der Waals surface area contributed by atoms with Crippen LogP contribution in [0, 0.1) is 0 Å². The number of nitrogens with zero attached hydrogens (tertiary/aromatic N) is 1. The van der Waals surface area contributed by atoms with E-state index in [9.17, 15) is 4.79 Å². The number of amides is 1. The number of likely N-dealkylation sites (tertiary alicyclic amines) is 1. The van der Waals surface area contributed by atoms with Crippen LogP contribution in [0.2, 0.25) is 0 Å². The van der Waals surface area contributed by atoms with E-state index in [1.54, 1.807) is 12.0 Å². The first kappa shape index (κ1) is 12.5. The SMILES string of the molecule is COC(C)(C)CC(=O)N1CCC[C@@H]1CO. The van der Waals surface area contributed by atoms with Gasteiger partial charge in [-0.1, -0.05) is 0 Å². The summed E-state index contributed by atoms with van der Waals surface area (Å²) in [5, 5.41) is 9.12. The Kier molecular flexibility index (Phi) is 4.11. The number of methoxy groups -OCH3 is 1. The van der Waals surface area contributed by atoms with Gasteiger partial charge in [0, 0.05) is 13.7 Å². The van der Waals surface area contributed by atoms with Crippen LogP contribution >= 0.6 is 0 Å². The molecule has 1 N–H and O–H groups in total. The van der Waals surface area contributed by atoms with Crippen molar-refractivity contribution in [1.29, 1.82) is 0 Å². The molecule has 0 aliphatic carbocycles. The van der Waals surface area contributed by atoms with Gasteiger partial charge in [-0.3, -0.25) is 4.79 Å². The van der Waals surface area contributed by atoms with Crippen molar-refractivity contribution in [3.05, 3.63) is 0 Å². The van der Waals surface area contributed by atoms with Crippen LogP contribution in [0.3, 0.4) is 0 Å². The lowest BCUT2D eigenvalue weighted by Crippen LogP contribution is -2.41. The molecule has 0 saturated carbocycles. The minimum absolute atomic E-state index is 0.0187. The fourth-order valence-electron chi connectivity index (χ4n) is 1.89. The highest BCUT2D eigenvalue weighted by atomic mass is 16.5. The van der Waals surface area contributed by atoms with Crippen LogP contribution in [0.1, 0.15) is 33.1 Å². The highest BCUT2D eigenvalue weighted by Gasteiger charge is 2.31. The molecule has 4 heteroatoms. The van der Waals surface area contributed by atoms with E-state index in [0.29, 0.717) is 6.42 Å². The third-order valence-electron chi connectivity index (χ3n) is 3.04. The predicted octanol–water partition coefficient (Wildman–Crippen LogP) is 0.785. The molecule has 0 spiro atoms. The third-order valence-corrected chi connectivity index (χ3v) is 3.04. The number of carbonyl (C=O) groups is 1. The number of rotatable bonds is 4. The van der Waals surface area contributed by atoms with E-state index in [-0.39, 0.29) is 18.6 Å². The molecule has 15 heavy (non-hydrogen) atoms. The van der Waals surface area contributed by atoms with Crippen molar-refractivity contribution in [3.63, 3.8) is 0 Å². The van der Waals surface area contributed by atoms with E-state index >= 15 is 0 Å². The number of aliphatic hydroxyl groups is 1. The first-order valence-corrected chi connectivity index (χ1v) is 5.45. The number of hydrogen-bond donors (Lipinski definition) is 1. The van der Waals surface area contributed by atoms with E-state index < -0.39 is 5.60 Å². The first-order chi connectivity index (χ1) is 7.00. The molecule has 1 aliphatic heterocycles. The Morgan fingerprint density at radius 2 is 2.27 bits per heavy atom. The molecule has 1 aliphatic rings. The molecular weight excluding hydrogens is 194 g/mol. The van der Waals surface area contributed by atoms with Crippen LogP contribution in [-0.4, -0.2) is 47.8 Å². The molecule has 0 unspecified atom stereocenters. The Morgan fingerprint density at radius 1 is 1.60 bits per heavy atom. The van der Waals surface area contributed by atoms with Gasteiger partial charge in [-0.2, -0.15) is 0 Å². The van der Waals surface area contributed by atoms with Gasteiger partial charge < -0.3 is 14.7 Å². The molecule has 0 aromatic rings. The van der Waals surface area contributed by atoms with Crippen LogP contribution in [0.5, 0.6) is 0 Å². The van der Waals surface area contributed by atoms with Crippen molar-refractivity contribution in [3.8, 4) is 0 Å². The summed E-state index contributed by atoms with van der Waals surface area (Å²) < 4.78 is 5.23. The maximum Gasteiger partial charge on any atom is 0.225 e. The molecule has 1 saturated heterocycles. The lowest BCUT2D eigenvalue weighted by atomic mass is 10.0. The first-order valence-electron chi connectivity index (χ1n) is 5.45. The van der Waals surface area contributed by atoms with Crippen molar-refractivity contribution >= 4 is 5.91 Å². The monoisotopic (exact) mass is 215 g/mol. The highest BCUT2D eigenvalue weighted by Crippen LogP contribution is 2.21. The van der Waals surface area contributed by atoms with E-state index in [1.807, 2.05) is 13.8 Å². The van der Waals surface area contributed by atoms with Crippen LogP contribution in [-0.2, 0) is 9.53 Å². The summed E-state index contributed by atoms with van der Waals surface area (Å²) in [7, 11) is 1.61. The largest absolute Gasteiger partial charge is 0.394 e. The third kappa shape index (κ3) is 3.18. The van der Waals surface area contributed by atoms with Gasteiger partial charge >= 0.3 is 0 Å². The lowest BCUT2D eigenvalue weighted by Gasteiger charge is -2.28. The predicted molar refractivity (Wildman–Crippen MR) is 57.5 cm³/mol. The van der Waals surface area contributed by atoms with Crippen LogP contribution in [0.4, 0.5) is 0 Å². The van der Waals surface area contributed by atoms with E-state index in [2.05, 4.69) is 0 Å². The maximum atomic E-state index is 11.9. The van der Waals surface area contributed by atoms with Gasteiger partial charge in [0.2, 0.25) is 5.91 Å². The molecule has 0 aromatic carbocycles. The molecule has 1 atom stereocenters. The Bertz CT molecular complexity index is 228. The van der Waals surface area contributed by atoms with Crippen molar-refractivity contribution in [2.45, 2.75) is 44.8 Å². The van der Waals surface area contributed by atoms with Gasteiger partial charge in [-0.25, -0.2) is 0 Å². The average Bonchev–Trinajstić information content (AvgIpc) is 2.64. The van der Waals surface area contributed by atoms with Crippen LogP contribution in [0.15, 0.2) is 0 Å². The van der Waals surface area contributed by atoms with Crippen molar-refractivity contribution in [1.82, 2.24) is 4.90 Å². The van der Waals surface area contributed by atoms with Crippen molar-refractivity contribution in [2.24, 2.45) is 0 Å². The summed E-state index contributed by atoms with van der Waals surface area (Å²) in [5.74, 6) is 0.0819. The minimum atomic E-state index is -0.417. The topological polar surface area (TPSA) is 49.8 Å². The summed E-state index contributed by atoms with van der Waals surface area (Å²) in [6.07, 6.45) is 2.28. The molecule has 88 valence electrons. The van der Waals surface area contributed by atoms with E-state index in [4.69, 9.17) is 9.84 Å². The van der Waals surface area contributed by atoms with Gasteiger partial charge in [0.25, 0.3) is 0 Å². The number of carbonyl (C=O) groups excluding carboxylic acids is 1. The van der Waals surface area contributed by atoms with E-state index in [1.165, 1.54) is 0 Å². The molecule has 1 amide bonds. The summed E-state index contributed by atoms with van der Waals surface area (Å²) in [5.41, 5.74) is -0.417. The molecule has 1 fully saturated rings. The van der Waals surface area contributed by atoms with Gasteiger partial charge in [-0.15, -0.1) is 0 Å². The van der Waals surface area contributed by atoms with Gasteiger partial charge in [-0.05, 0) is 26.7 Å². The van der Waals surface area contributed by atoms with Crippen LogP contribution < -0.4 is 0 Å². The molecule has 0 aromatic heterocycles. The molecule has 1 heterocycles. The van der Waals surface area contributed by atoms with Gasteiger partial charge in [0.05, 0.1) is 24.7 Å². The highest BCUT2D eigenvalue weighted by molar-refractivity contribution is 5.77. The number of hydrogen-bond acceptors (Lipinski definition) is 3. The summed E-state index contributed by atoms with van der Waals surface area (Å²) in [4.78, 5) is 13.7. The van der Waals surface area contributed by atoms with Gasteiger partial charge in [0.15, 0.2) is 0 Å². The summed E-state index contributed by atoms with van der Waals surface area (Å²) in [6, 6.07) is 0.0187. The normalized spacial score (nSPS) is 22.1. The summed E-state index contributed by atoms with van der Waals surface area (Å²) >= 11 is 0. The zero-order chi connectivity index (χ0) is 11.5. The van der Waals surface area contributed by atoms with E-state index in [0.717, 1.165) is 19.4 Å². The number of aliphatic hydroxyl groups excluding tert-OH is 1. The second-order valence-corrected chi connectivity index (χ2v) is 4.71. The molecular formula is C11H21NO3. The second kappa shape index (κ2) is 4.94. The van der Waals surface area contributed by atoms with Crippen molar-refractivity contribution < 1.29 is 14.6 Å². The molecule has 1 rings (SSSR count). The quantitative estimate of drug-likeness (QED) is 0.754. The lowest BCUT2D eigenvalue weighted by molar-refractivity contribution is -0.138. The van der Waals surface area contributed by atoms with Crippen LogP contribution in [0.25, 0.3) is 0 Å². The zero-order valence-corrected chi connectivity index (χ0v) is 9.82. The molecule has 0 bridgehead atoms. The Hall–Kier alpha value is -0.610. The van der Waals surface area contributed by atoms with Crippen molar-refractivity contribution in [2.75, 3.05) is 20.3 Å². The zero-order valence-electron chi connectivity index (χ0n) is 9.82. The number of ether oxygens (including phenoxy) is 1. The Balaban J connectivity index is 2.53. The molecule has 0 radical (unpaired) electrons. The minimum Gasteiger partial charge on any atom is -0.394 e. The van der Waals surface area contributed by atoms with Gasteiger partial charge in [0.1, 0.15) is 0 Å². The Labute approximate surface area is 91.2 Å². The Morgan fingerprint density at radius 3 is 2.80 bits per heavy atom. The summed E-state index contributed by atoms with van der Waals surface area (Å²) in [6.45, 7) is 4.63. The fraction of sp³-hybridized carbons (Fsp3) is 0.909. The molecule has 4 nitrogen and oxygen atoms in total. The smallest absolute Gasteiger partial charge is 0.225 e. The standard InChI is InChI=1S/C11H21NO3/c1-11(2,15-3)7-10(14)12-6-4-5-9(12)8-13/h9,13H,4-8H2,1-3H3/t9-/m1/s1. The maximum absolute atomic E-state index is 11.9. The second-order valence-electron chi connectivity index (χ2n) is 4.71.